The van der Waals surface area contributed by atoms with Crippen LogP contribution in [0.1, 0.15) is 26.0 Å². The number of aliphatic hydroxyl groups is 1. The van der Waals surface area contributed by atoms with Gasteiger partial charge in [0, 0.05) is 39.3 Å². The van der Waals surface area contributed by atoms with E-state index in [0.717, 1.165) is 26.1 Å². The van der Waals surface area contributed by atoms with Crippen molar-refractivity contribution in [2.75, 3.05) is 37.7 Å². The Kier molecular flexibility index (Phi) is 5.36. The molecule has 0 amide bonds. The summed E-state index contributed by atoms with van der Waals surface area (Å²) in [7, 11) is 1.76. The van der Waals surface area contributed by atoms with Crippen LogP contribution in [0.4, 0.5) is 11.5 Å². The molecule has 0 aromatic carbocycles. The van der Waals surface area contributed by atoms with Crippen molar-refractivity contribution in [3.8, 4) is 0 Å². The fraction of sp³-hybridized carbons (Fsp3) is 0.786. The Bertz CT molecular complexity index is 531. The summed E-state index contributed by atoms with van der Waals surface area (Å²) in [4.78, 5) is 15.4. The first-order chi connectivity index (χ1) is 10.5. The zero-order chi connectivity index (χ0) is 16.3. The molecule has 0 bridgehead atoms. The summed E-state index contributed by atoms with van der Waals surface area (Å²) in [6, 6.07) is 0.118. The molecule has 2 rings (SSSR count). The molecule has 1 fully saturated rings. The van der Waals surface area contributed by atoms with Crippen molar-refractivity contribution in [2.24, 2.45) is 7.05 Å². The molecular weight excluding hydrogens is 286 g/mol. The fourth-order valence-corrected chi connectivity index (χ4v) is 3.04. The fourth-order valence-electron chi connectivity index (χ4n) is 3.04. The van der Waals surface area contributed by atoms with E-state index in [0.29, 0.717) is 24.5 Å². The van der Waals surface area contributed by atoms with Crippen LogP contribution < -0.4 is 4.90 Å². The summed E-state index contributed by atoms with van der Waals surface area (Å²) in [5.41, 5.74) is 0.668. The predicted octanol–water partition coefficient (Wildman–Crippen LogP) is 0.784. The van der Waals surface area contributed by atoms with Gasteiger partial charge in [-0.05, 0) is 19.8 Å². The summed E-state index contributed by atoms with van der Waals surface area (Å²) >= 11 is 0. The van der Waals surface area contributed by atoms with Gasteiger partial charge in [0.05, 0.1) is 11.5 Å². The average molecular weight is 311 g/mol. The van der Waals surface area contributed by atoms with E-state index in [1.807, 2.05) is 18.7 Å². The zero-order valence-corrected chi connectivity index (χ0v) is 13.5. The number of rotatable bonds is 5. The Hall–Kier alpha value is -1.67. The van der Waals surface area contributed by atoms with E-state index in [1.165, 1.54) is 0 Å². The van der Waals surface area contributed by atoms with Gasteiger partial charge in [-0.2, -0.15) is 5.10 Å². The third-order valence-corrected chi connectivity index (χ3v) is 4.30. The van der Waals surface area contributed by atoms with Crippen molar-refractivity contribution in [3.05, 3.63) is 15.8 Å². The van der Waals surface area contributed by atoms with E-state index < -0.39 is 0 Å². The number of aryl methyl sites for hydroxylation is 2. The molecule has 2 heterocycles. The molecule has 1 atom stereocenters. The van der Waals surface area contributed by atoms with Crippen molar-refractivity contribution in [1.29, 1.82) is 0 Å². The second kappa shape index (κ2) is 7.06. The van der Waals surface area contributed by atoms with Crippen molar-refractivity contribution in [3.63, 3.8) is 0 Å². The summed E-state index contributed by atoms with van der Waals surface area (Å²) < 4.78 is 1.63. The minimum absolute atomic E-state index is 0.118. The number of hydrogen-bond donors (Lipinski definition) is 1. The number of anilines is 1. The predicted molar refractivity (Wildman–Crippen MR) is 84.2 cm³/mol. The first-order valence-corrected chi connectivity index (χ1v) is 7.79. The van der Waals surface area contributed by atoms with Crippen LogP contribution in [0.25, 0.3) is 0 Å². The molecule has 0 spiro atoms. The van der Waals surface area contributed by atoms with Gasteiger partial charge in [0.2, 0.25) is 5.82 Å². The van der Waals surface area contributed by atoms with E-state index in [9.17, 15) is 15.2 Å². The van der Waals surface area contributed by atoms with E-state index >= 15 is 0 Å². The van der Waals surface area contributed by atoms with Gasteiger partial charge in [-0.3, -0.25) is 15.0 Å². The number of aromatic nitrogens is 2. The van der Waals surface area contributed by atoms with Gasteiger partial charge in [0.25, 0.3) is 0 Å². The van der Waals surface area contributed by atoms with Gasteiger partial charge < -0.3 is 10.0 Å². The number of nitro groups is 1. The Balaban J connectivity index is 2.25. The Morgan fingerprint density at radius 1 is 1.36 bits per heavy atom. The first-order valence-electron chi connectivity index (χ1n) is 7.79. The molecule has 8 nitrogen and oxygen atoms in total. The summed E-state index contributed by atoms with van der Waals surface area (Å²) in [5.74, 6) is 0.598. The molecule has 1 aromatic heterocycles. The van der Waals surface area contributed by atoms with Gasteiger partial charge in [-0.15, -0.1) is 0 Å². The second-order valence-electron chi connectivity index (χ2n) is 5.76. The molecule has 1 saturated heterocycles. The quantitative estimate of drug-likeness (QED) is 0.639. The SMILES string of the molecule is CCc1nn(C)c(N2CCCN([C@@H](C)CO)CC2)c1[N+](=O)[O-]. The molecule has 8 heteroatoms. The Labute approximate surface area is 130 Å². The monoisotopic (exact) mass is 311 g/mol. The lowest BCUT2D eigenvalue weighted by Gasteiger charge is -2.26. The highest BCUT2D eigenvalue weighted by molar-refractivity contribution is 5.61. The van der Waals surface area contributed by atoms with Gasteiger partial charge in [0.1, 0.15) is 5.69 Å². The van der Waals surface area contributed by atoms with E-state index in [-0.39, 0.29) is 23.3 Å². The highest BCUT2D eigenvalue weighted by Crippen LogP contribution is 2.32. The smallest absolute Gasteiger partial charge is 0.334 e. The molecule has 0 radical (unpaired) electrons. The van der Waals surface area contributed by atoms with Crippen LogP contribution in [-0.4, -0.2) is 63.5 Å². The van der Waals surface area contributed by atoms with Gasteiger partial charge in [0.15, 0.2) is 0 Å². The normalized spacial score (nSPS) is 18.3. The Morgan fingerprint density at radius 3 is 2.68 bits per heavy atom. The largest absolute Gasteiger partial charge is 0.395 e. The molecule has 1 N–H and O–H groups in total. The molecule has 22 heavy (non-hydrogen) atoms. The van der Waals surface area contributed by atoms with Crippen molar-refractivity contribution >= 4 is 11.5 Å². The van der Waals surface area contributed by atoms with Gasteiger partial charge >= 0.3 is 5.69 Å². The molecule has 1 aliphatic heterocycles. The summed E-state index contributed by atoms with van der Waals surface area (Å²) in [5, 5.41) is 25.0. The molecule has 0 unspecified atom stereocenters. The lowest BCUT2D eigenvalue weighted by molar-refractivity contribution is -0.384. The van der Waals surface area contributed by atoms with E-state index in [1.54, 1.807) is 11.7 Å². The van der Waals surface area contributed by atoms with Crippen LogP contribution in [-0.2, 0) is 13.5 Å². The van der Waals surface area contributed by atoms with Crippen LogP contribution in [0, 0.1) is 10.1 Å². The van der Waals surface area contributed by atoms with Crippen LogP contribution in [0.2, 0.25) is 0 Å². The highest BCUT2D eigenvalue weighted by Gasteiger charge is 2.31. The third-order valence-electron chi connectivity index (χ3n) is 4.30. The van der Waals surface area contributed by atoms with E-state index in [2.05, 4.69) is 10.00 Å². The number of aliphatic hydroxyl groups excluding tert-OH is 1. The molecule has 1 aliphatic rings. The van der Waals surface area contributed by atoms with Crippen LogP contribution in [0.15, 0.2) is 0 Å². The zero-order valence-electron chi connectivity index (χ0n) is 13.5. The van der Waals surface area contributed by atoms with Gasteiger partial charge in [-0.25, -0.2) is 4.68 Å². The van der Waals surface area contributed by atoms with Crippen LogP contribution in [0.5, 0.6) is 0 Å². The van der Waals surface area contributed by atoms with Crippen molar-refractivity contribution in [1.82, 2.24) is 14.7 Å². The molecule has 124 valence electrons. The average Bonchev–Trinajstić information content (AvgIpc) is 2.68. The molecule has 0 saturated carbocycles. The molecular formula is C14H25N5O3. The molecule has 1 aromatic rings. The molecule has 0 aliphatic carbocycles. The minimum atomic E-state index is -0.319. The number of hydrogen-bond acceptors (Lipinski definition) is 6. The standard InChI is InChI=1S/C14H25N5O3/c1-4-12-13(19(21)22)14(16(3)15-12)18-7-5-6-17(8-9-18)11(2)10-20/h11,20H,4-10H2,1-3H3/t11-/m0/s1. The van der Waals surface area contributed by atoms with Gasteiger partial charge in [-0.1, -0.05) is 6.92 Å². The second-order valence-corrected chi connectivity index (χ2v) is 5.76. The third kappa shape index (κ3) is 3.22. The Morgan fingerprint density at radius 2 is 2.09 bits per heavy atom. The summed E-state index contributed by atoms with van der Waals surface area (Å²) in [6.45, 7) is 7.15. The van der Waals surface area contributed by atoms with E-state index in [4.69, 9.17) is 0 Å². The minimum Gasteiger partial charge on any atom is -0.395 e. The topological polar surface area (TPSA) is 87.7 Å². The maximum Gasteiger partial charge on any atom is 0.334 e. The lowest BCUT2D eigenvalue weighted by atomic mass is 10.2. The maximum absolute atomic E-state index is 11.4. The number of nitrogens with zero attached hydrogens (tertiary/aromatic N) is 5. The van der Waals surface area contributed by atoms with Crippen molar-refractivity contribution in [2.45, 2.75) is 32.7 Å². The van der Waals surface area contributed by atoms with Crippen LogP contribution >= 0.6 is 0 Å². The lowest BCUT2D eigenvalue weighted by Crippen LogP contribution is -2.39. The summed E-state index contributed by atoms with van der Waals surface area (Å²) in [6.07, 6.45) is 1.46. The van der Waals surface area contributed by atoms with Crippen molar-refractivity contribution < 1.29 is 10.0 Å². The van der Waals surface area contributed by atoms with Crippen LogP contribution in [0.3, 0.4) is 0 Å². The highest BCUT2D eigenvalue weighted by atomic mass is 16.6. The first kappa shape index (κ1) is 16.7. The maximum atomic E-state index is 11.4.